The molecule has 33 heavy (non-hydrogen) atoms. The predicted molar refractivity (Wildman–Crippen MR) is 119 cm³/mol. The predicted octanol–water partition coefficient (Wildman–Crippen LogP) is 4.59. The number of carbonyl (C=O) groups excluding carboxylic acids is 1. The molecule has 0 aliphatic rings. The van der Waals surface area contributed by atoms with E-state index in [9.17, 15) is 23.1 Å². The van der Waals surface area contributed by atoms with E-state index in [1.807, 2.05) is 30.5 Å². The normalized spacial score (nSPS) is 12.0. The first-order valence-corrected chi connectivity index (χ1v) is 10.2. The number of H-pyrrole nitrogens is 1. The first kappa shape index (κ1) is 22.4. The van der Waals surface area contributed by atoms with Crippen molar-refractivity contribution < 1.29 is 27.8 Å². The highest BCUT2D eigenvalue weighted by Crippen LogP contribution is 2.30. The second kappa shape index (κ2) is 9.38. The van der Waals surface area contributed by atoms with Crippen LogP contribution in [-0.2, 0) is 6.42 Å². The minimum Gasteiger partial charge on any atom is -0.497 e. The van der Waals surface area contributed by atoms with E-state index in [2.05, 4.69) is 10.3 Å². The van der Waals surface area contributed by atoms with Gasteiger partial charge in [0.05, 0.1) is 25.3 Å². The molecule has 4 aromatic rings. The van der Waals surface area contributed by atoms with E-state index in [1.165, 1.54) is 25.3 Å². The van der Waals surface area contributed by atoms with Gasteiger partial charge in [0.1, 0.15) is 5.75 Å². The molecule has 3 aromatic carbocycles. The monoisotopic (exact) mass is 454 g/mol. The third-order valence-corrected chi connectivity index (χ3v) is 5.46. The van der Waals surface area contributed by atoms with Crippen LogP contribution in [0.15, 0.2) is 60.8 Å². The van der Waals surface area contributed by atoms with Crippen molar-refractivity contribution in [3.05, 3.63) is 89.4 Å². The van der Waals surface area contributed by atoms with Crippen molar-refractivity contribution in [2.75, 3.05) is 13.7 Å². The van der Waals surface area contributed by atoms with Crippen LogP contribution >= 0.6 is 0 Å². The molecule has 0 unspecified atom stereocenters. The summed E-state index contributed by atoms with van der Waals surface area (Å²) < 4.78 is 46.3. The molecular formula is C25H21F3N2O3. The zero-order valence-electron chi connectivity index (χ0n) is 17.7. The van der Waals surface area contributed by atoms with Crippen molar-refractivity contribution in [1.82, 2.24) is 10.3 Å². The van der Waals surface area contributed by atoms with Crippen LogP contribution in [0.2, 0.25) is 0 Å². The Hall–Kier alpha value is -3.78. The molecule has 5 nitrogen and oxygen atoms in total. The van der Waals surface area contributed by atoms with Gasteiger partial charge in [0.15, 0.2) is 17.5 Å². The Morgan fingerprint density at radius 2 is 1.82 bits per heavy atom. The molecule has 1 aromatic heterocycles. The SMILES string of the molecule is COc1ccc(-c2cc(F)c(F)c(F)c2)c(C(=O)N[C@@H](CO)Cc2c[nH]c3ccccc23)c1. The van der Waals surface area contributed by atoms with Crippen molar-refractivity contribution in [3.8, 4) is 16.9 Å². The average molecular weight is 454 g/mol. The van der Waals surface area contributed by atoms with Gasteiger partial charge in [0.25, 0.3) is 5.91 Å². The lowest BCUT2D eigenvalue weighted by Crippen LogP contribution is -2.39. The van der Waals surface area contributed by atoms with Crippen molar-refractivity contribution in [1.29, 1.82) is 0 Å². The van der Waals surface area contributed by atoms with Gasteiger partial charge in [-0.25, -0.2) is 13.2 Å². The lowest BCUT2D eigenvalue weighted by molar-refractivity contribution is 0.0917. The van der Waals surface area contributed by atoms with Crippen molar-refractivity contribution in [2.45, 2.75) is 12.5 Å². The summed E-state index contributed by atoms with van der Waals surface area (Å²) in [7, 11) is 1.42. The summed E-state index contributed by atoms with van der Waals surface area (Å²) in [6.45, 7) is -0.329. The zero-order chi connectivity index (χ0) is 23.5. The van der Waals surface area contributed by atoms with Crippen LogP contribution in [0.1, 0.15) is 15.9 Å². The number of benzene rings is 3. The largest absolute Gasteiger partial charge is 0.497 e. The number of halogens is 3. The number of carbonyl (C=O) groups is 1. The average Bonchev–Trinajstić information content (AvgIpc) is 3.24. The molecule has 0 aliphatic carbocycles. The summed E-state index contributed by atoms with van der Waals surface area (Å²) in [6.07, 6.45) is 2.17. The first-order valence-electron chi connectivity index (χ1n) is 10.2. The van der Waals surface area contributed by atoms with Crippen LogP contribution in [-0.4, -0.2) is 35.8 Å². The van der Waals surface area contributed by atoms with Crippen LogP contribution in [0, 0.1) is 17.5 Å². The van der Waals surface area contributed by atoms with Crippen LogP contribution in [0.25, 0.3) is 22.0 Å². The highest BCUT2D eigenvalue weighted by atomic mass is 19.2. The van der Waals surface area contributed by atoms with Crippen molar-refractivity contribution in [3.63, 3.8) is 0 Å². The molecule has 0 aliphatic heterocycles. The molecular weight excluding hydrogens is 433 g/mol. The number of aliphatic hydroxyl groups excluding tert-OH is 1. The van der Waals surface area contributed by atoms with Gasteiger partial charge < -0.3 is 20.1 Å². The molecule has 1 heterocycles. The van der Waals surface area contributed by atoms with Gasteiger partial charge >= 0.3 is 0 Å². The number of aromatic amines is 1. The number of hydrogen-bond donors (Lipinski definition) is 3. The Labute approximate surface area is 187 Å². The number of hydrogen-bond acceptors (Lipinski definition) is 3. The van der Waals surface area contributed by atoms with Gasteiger partial charge in [-0.3, -0.25) is 4.79 Å². The number of aliphatic hydroxyl groups is 1. The van der Waals surface area contributed by atoms with Gasteiger partial charge in [-0.1, -0.05) is 18.2 Å². The summed E-state index contributed by atoms with van der Waals surface area (Å²) in [5.74, 6) is -4.53. The van der Waals surface area contributed by atoms with Crippen LogP contribution < -0.4 is 10.1 Å². The second-order valence-corrected chi connectivity index (χ2v) is 7.58. The quantitative estimate of drug-likeness (QED) is 0.358. The molecule has 0 saturated heterocycles. The lowest BCUT2D eigenvalue weighted by atomic mass is 9.97. The third-order valence-electron chi connectivity index (χ3n) is 5.46. The van der Waals surface area contributed by atoms with E-state index in [-0.39, 0.29) is 23.3 Å². The standard InChI is InChI=1S/C25H21F3N2O3/c1-33-17-6-7-18(14-9-21(26)24(28)22(27)10-14)20(11-17)25(32)30-16(13-31)8-15-12-29-23-5-3-2-4-19(15)23/h2-7,9-12,16,29,31H,8,13H2,1H3,(H,30,32)/t16-/m1/s1. The molecule has 8 heteroatoms. The third kappa shape index (κ3) is 4.56. The molecule has 3 N–H and O–H groups in total. The number of nitrogens with one attached hydrogen (secondary N) is 2. The molecule has 170 valence electrons. The van der Waals surface area contributed by atoms with E-state index in [0.29, 0.717) is 12.2 Å². The number of para-hydroxylation sites is 1. The first-order chi connectivity index (χ1) is 15.9. The smallest absolute Gasteiger partial charge is 0.252 e. The topological polar surface area (TPSA) is 74.3 Å². The highest BCUT2D eigenvalue weighted by molar-refractivity contribution is 6.01. The number of fused-ring (bicyclic) bond motifs is 1. The highest BCUT2D eigenvalue weighted by Gasteiger charge is 2.21. The van der Waals surface area contributed by atoms with Gasteiger partial charge in [-0.05, 0) is 59.5 Å². The van der Waals surface area contributed by atoms with E-state index in [4.69, 9.17) is 4.74 Å². The molecule has 0 bridgehead atoms. The summed E-state index contributed by atoms with van der Waals surface area (Å²) >= 11 is 0. The second-order valence-electron chi connectivity index (χ2n) is 7.58. The number of methoxy groups -OCH3 is 1. The minimum absolute atomic E-state index is 0.00335. The van der Waals surface area contributed by atoms with Gasteiger partial charge in [-0.2, -0.15) is 0 Å². The fourth-order valence-corrected chi connectivity index (χ4v) is 3.79. The molecule has 0 spiro atoms. The Bertz CT molecular complexity index is 1300. The van der Waals surface area contributed by atoms with E-state index in [1.54, 1.807) is 0 Å². The maximum absolute atomic E-state index is 13.8. The molecule has 0 radical (unpaired) electrons. The molecule has 0 fully saturated rings. The molecule has 1 amide bonds. The summed E-state index contributed by atoms with van der Waals surface area (Å²) in [6, 6.07) is 13.1. The number of rotatable bonds is 7. The Morgan fingerprint density at radius 1 is 1.09 bits per heavy atom. The Balaban J connectivity index is 1.65. The van der Waals surface area contributed by atoms with Crippen LogP contribution in [0.3, 0.4) is 0 Å². The Morgan fingerprint density at radius 3 is 2.52 bits per heavy atom. The molecule has 4 rings (SSSR count). The molecule has 1 atom stereocenters. The van der Waals surface area contributed by atoms with Crippen LogP contribution in [0.5, 0.6) is 5.75 Å². The lowest BCUT2D eigenvalue weighted by Gasteiger charge is -2.18. The van der Waals surface area contributed by atoms with Crippen molar-refractivity contribution in [2.24, 2.45) is 0 Å². The van der Waals surface area contributed by atoms with E-state index in [0.717, 1.165) is 28.6 Å². The Kier molecular flexibility index (Phi) is 6.37. The number of ether oxygens (including phenoxy) is 1. The van der Waals surface area contributed by atoms with E-state index >= 15 is 0 Å². The summed E-state index contributed by atoms with van der Waals surface area (Å²) in [4.78, 5) is 16.3. The van der Waals surface area contributed by atoms with Gasteiger partial charge in [0.2, 0.25) is 0 Å². The summed E-state index contributed by atoms with van der Waals surface area (Å²) in [5, 5.41) is 13.6. The van der Waals surface area contributed by atoms with Crippen molar-refractivity contribution >= 4 is 16.8 Å². The summed E-state index contributed by atoms with van der Waals surface area (Å²) in [5.41, 5.74) is 2.10. The fraction of sp³-hybridized carbons (Fsp3) is 0.160. The minimum atomic E-state index is -1.59. The van der Waals surface area contributed by atoms with Gasteiger partial charge in [0, 0.05) is 17.1 Å². The number of aromatic nitrogens is 1. The van der Waals surface area contributed by atoms with E-state index < -0.39 is 29.4 Å². The maximum Gasteiger partial charge on any atom is 0.252 e. The van der Waals surface area contributed by atoms with Gasteiger partial charge in [-0.15, -0.1) is 0 Å². The maximum atomic E-state index is 13.8. The number of amides is 1. The van der Waals surface area contributed by atoms with Crippen LogP contribution in [0.4, 0.5) is 13.2 Å². The molecule has 0 saturated carbocycles. The zero-order valence-corrected chi connectivity index (χ0v) is 17.7. The fourth-order valence-electron chi connectivity index (χ4n) is 3.79.